The van der Waals surface area contributed by atoms with Gasteiger partial charge < -0.3 is 4.57 Å². The number of thiophene rings is 1. The van der Waals surface area contributed by atoms with Crippen LogP contribution in [0.3, 0.4) is 0 Å². The van der Waals surface area contributed by atoms with E-state index in [9.17, 15) is 2.74 Å². The average Bonchev–Trinajstić information content (AvgIpc) is 3.91. The number of para-hydroxylation sites is 2. The highest BCUT2D eigenvalue weighted by atomic mass is 32.1. The van der Waals surface area contributed by atoms with Crippen LogP contribution in [-0.2, 0) is 0 Å². The van der Waals surface area contributed by atoms with E-state index in [-0.39, 0.29) is 27.6 Å². The summed E-state index contributed by atoms with van der Waals surface area (Å²) in [4.78, 5) is 15.0. The molecule has 0 radical (unpaired) electrons. The van der Waals surface area contributed by atoms with Gasteiger partial charge in [-0.25, -0.2) is 15.0 Å². The molecule has 8 aromatic carbocycles. The van der Waals surface area contributed by atoms with Crippen molar-refractivity contribution < 1.29 is 11.0 Å². The largest absolute Gasteiger partial charge is 0.308 e. The standard InChI is InChI=1S/C51H32N4S/c1-4-15-33(16-5-1)38-23-14-24-41-43-31-36(28-30-47(43)56-48(38)41)37-27-29-42(46(32-37)55-44-25-12-10-21-39(44)40-22-11-13-26-45(40)55)51-53-49(34-17-6-2-7-18-34)52-50(54-51)35-19-8-3-9-20-35/h1-32H/i10D,11D,12D,13D,21D,22D,25D,26D. The van der Waals surface area contributed by atoms with E-state index in [4.69, 9.17) is 23.2 Å². The van der Waals surface area contributed by atoms with Gasteiger partial charge in [0, 0.05) is 47.6 Å². The highest BCUT2D eigenvalue weighted by molar-refractivity contribution is 7.26. The van der Waals surface area contributed by atoms with Crippen LogP contribution in [0.25, 0.3) is 104 Å². The predicted octanol–water partition coefficient (Wildman–Crippen LogP) is 13.7. The maximum atomic E-state index is 9.34. The molecule has 11 rings (SSSR count). The normalized spacial score (nSPS) is 13.6. The van der Waals surface area contributed by atoms with Crippen LogP contribution in [0.5, 0.6) is 0 Å². The van der Waals surface area contributed by atoms with E-state index >= 15 is 0 Å². The topological polar surface area (TPSA) is 43.6 Å². The van der Waals surface area contributed by atoms with E-state index in [1.165, 1.54) is 9.27 Å². The van der Waals surface area contributed by atoms with Gasteiger partial charge in [-0.15, -0.1) is 11.3 Å². The van der Waals surface area contributed by atoms with Gasteiger partial charge >= 0.3 is 0 Å². The zero-order chi connectivity index (χ0) is 44.0. The molecule has 262 valence electrons. The summed E-state index contributed by atoms with van der Waals surface area (Å²) < 4.78 is 75.7. The molecule has 0 unspecified atom stereocenters. The fraction of sp³-hybridized carbons (Fsp3) is 0. The monoisotopic (exact) mass is 740 g/mol. The quantitative estimate of drug-likeness (QED) is 0.170. The van der Waals surface area contributed by atoms with Gasteiger partial charge in [0.2, 0.25) is 0 Å². The molecule has 0 spiro atoms. The Bertz CT molecular complexity index is 3570. The van der Waals surface area contributed by atoms with Crippen molar-refractivity contribution in [2.45, 2.75) is 0 Å². The minimum absolute atomic E-state index is 0.000237. The predicted molar refractivity (Wildman–Crippen MR) is 234 cm³/mol. The summed E-state index contributed by atoms with van der Waals surface area (Å²) in [5, 5.41) is 2.14. The third kappa shape index (κ3) is 5.40. The molecule has 0 amide bonds. The summed E-state index contributed by atoms with van der Waals surface area (Å²) in [6, 6.07) is 44.1. The van der Waals surface area contributed by atoms with E-state index in [1.807, 2.05) is 103 Å². The lowest BCUT2D eigenvalue weighted by Crippen LogP contribution is -2.04. The van der Waals surface area contributed by atoms with Crippen LogP contribution in [0.2, 0.25) is 0 Å². The Labute approximate surface area is 338 Å². The Morgan fingerprint density at radius 1 is 0.411 bits per heavy atom. The summed E-state index contributed by atoms with van der Waals surface area (Å²) in [7, 11) is 0. The lowest BCUT2D eigenvalue weighted by Gasteiger charge is -2.16. The van der Waals surface area contributed by atoms with E-state index < -0.39 is 48.3 Å². The van der Waals surface area contributed by atoms with E-state index in [1.54, 1.807) is 11.3 Å². The van der Waals surface area contributed by atoms with Crippen molar-refractivity contribution >= 4 is 53.3 Å². The lowest BCUT2D eigenvalue weighted by molar-refractivity contribution is 1.06. The number of rotatable bonds is 6. The third-order valence-electron chi connectivity index (χ3n) is 10.1. The summed E-state index contributed by atoms with van der Waals surface area (Å²) in [5.74, 6) is 1.05. The summed E-state index contributed by atoms with van der Waals surface area (Å²) in [6.07, 6.45) is 0. The van der Waals surface area contributed by atoms with Crippen LogP contribution >= 0.6 is 11.3 Å². The van der Waals surface area contributed by atoms with Gasteiger partial charge in [0.25, 0.3) is 0 Å². The van der Waals surface area contributed by atoms with Crippen molar-refractivity contribution in [1.82, 2.24) is 19.5 Å². The van der Waals surface area contributed by atoms with E-state index in [0.29, 0.717) is 22.9 Å². The highest BCUT2D eigenvalue weighted by Crippen LogP contribution is 2.43. The van der Waals surface area contributed by atoms with Crippen LogP contribution in [0, 0.1) is 0 Å². The molecule has 0 bridgehead atoms. The summed E-state index contributed by atoms with van der Waals surface area (Å²) in [6.45, 7) is 0. The molecular formula is C51H32N4S. The van der Waals surface area contributed by atoms with E-state index in [2.05, 4.69) is 42.5 Å². The number of fused-ring (bicyclic) bond motifs is 6. The van der Waals surface area contributed by atoms with Gasteiger partial charge in [0.1, 0.15) is 0 Å². The first-order valence-electron chi connectivity index (χ1n) is 22.1. The second kappa shape index (κ2) is 13.3. The molecule has 0 atom stereocenters. The molecule has 0 N–H and O–H groups in total. The molecule has 11 aromatic rings. The third-order valence-corrected chi connectivity index (χ3v) is 11.3. The molecule has 4 nitrogen and oxygen atoms in total. The van der Waals surface area contributed by atoms with Crippen molar-refractivity contribution in [1.29, 1.82) is 0 Å². The number of nitrogens with zero attached hydrogens (tertiary/aromatic N) is 4. The Morgan fingerprint density at radius 2 is 0.964 bits per heavy atom. The second-order valence-corrected chi connectivity index (χ2v) is 14.5. The first kappa shape index (κ1) is 25.0. The van der Waals surface area contributed by atoms with E-state index in [0.717, 1.165) is 48.9 Å². The molecular weight excluding hydrogens is 701 g/mol. The minimum atomic E-state index is -0.512. The number of benzene rings is 8. The SMILES string of the molecule is [2H]c1c([2H])c([2H])c2c(c1[2H])c1c([2H])c([2H])c([2H])c([2H])c1n2-c1cc(-c2ccc3sc4c(-c5ccccc5)cccc4c3c2)ccc1-c1nc(-c2ccccc2)nc(-c2ccccc2)n1. The Hall–Kier alpha value is -7.21. The van der Waals surface area contributed by atoms with Crippen LogP contribution in [0.15, 0.2) is 194 Å². The minimum Gasteiger partial charge on any atom is -0.308 e. The second-order valence-electron chi connectivity index (χ2n) is 13.4. The van der Waals surface area contributed by atoms with Gasteiger partial charge in [0.15, 0.2) is 17.5 Å². The fourth-order valence-electron chi connectivity index (χ4n) is 7.50. The maximum Gasteiger partial charge on any atom is 0.166 e. The Morgan fingerprint density at radius 3 is 1.61 bits per heavy atom. The average molecular weight is 741 g/mol. The van der Waals surface area contributed by atoms with Crippen LogP contribution in [0.4, 0.5) is 0 Å². The van der Waals surface area contributed by atoms with Crippen molar-refractivity contribution in [3.8, 4) is 62.1 Å². The van der Waals surface area contributed by atoms with Crippen molar-refractivity contribution in [2.24, 2.45) is 0 Å². The van der Waals surface area contributed by atoms with Crippen LogP contribution < -0.4 is 0 Å². The first-order chi connectivity index (χ1) is 31.1. The molecule has 5 heteroatoms. The van der Waals surface area contributed by atoms with Crippen molar-refractivity contribution in [2.75, 3.05) is 0 Å². The van der Waals surface area contributed by atoms with Gasteiger partial charge in [0.05, 0.1) is 27.7 Å². The molecule has 0 fully saturated rings. The summed E-state index contributed by atoms with van der Waals surface area (Å²) in [5.41, 5.74) is 6.16. The molecule has 0 saturated heterocycles. The number of hydrogen-bond acceptors (Lipinski definition) is 4. The zero-order valence-electron chi connectivity index (χ0n) is 37.6. The highest BCUT2D eigenvalue weighted by Gasteiger charge is 2.21. The maximum absolute atomic E-state index is 9.34. The Balaban J connectivity index is 1.24. The lowest BCUT2D eigenvalue weighted by atomic mass is 9.98. The molecule has 0 aliphatic carbocycles. The molecule has 3 heterocycles. The van der Waals surface area contributed by atoms with Gasteiger partial charge in [-0.05, 0) is 58.6 Å². The molecule has 56 heavy (non-hydrogen) atoms. The molecule has 0 saturated carbocycles. The zero-order valence-corrected chi connectivity index (χ0v) is 30.4. The van der Waals surface area contributed by atoms with Crippen LogP contribution in [0.1, 0.15) is 11.0 Å². The summed E-state index contributed by atoms with van der Waals surface area (Å²) >= 11 is 1.73. The molecule has 0 aliphatic rings. The van der Waals surface area contributed by atoms with Gasteiger partial charge in [-0.3, -0.25) is 0 Å². The fourth-order valence-corrected chi connectivity index (χ4v) is 8.72. The number of aromatic nitrogens is 4. The van der Waals surface area contributed by atoms with Gasteiger partial charge in [-0.2, -0.15) is 0 Å². The van der Waals surface area contributed by atoms with Crippen LogP contribution in [-0.4, -0.2) is 19.5 Å². The Kier molecular flexibility index (Phi) is 5.92. The number of hydrogen-bond donors (Lipinski definition) is 0. The smallest absolute Gasteiger partial charge is 0.166 e. The molecule has 0 aliphatic heterocycles. The first-order valence-corrected chi connectivity index (χ1v) is 18.9. The van der Waals surface area contributed by atoms with Crippen molar-refractivity contribution in [3.63, 3.8) is 0 Å². The van der Waals surface area contributed by atoms with Gasteiger partial charge in [-0.1, -0.05) is 158 Å². The van der Waals surface area contributed by atoms with Crippen molar-refractivity contribution in [3.05, 3.63) is 194 Å². The molecule has 3 aromatic heterocycles.